The highest BCUT2D eigenvalue weighted by atomic mass is 79.9. The minimum absolute atomic E-state index is 0.0551. The Labute approximate surface area is 210 Å². The van der Waals surface area contributed by atoms with E-state index in [1.807, 2.05) is 54.1 Å². The Morgan fingerprint density at radius 2 is 1.82 bits per heavy atom. The van der Waals surface area contributed by atoms with Crippen LogP contribution in [-0.2, 0) is 0 Å². The molecule has 34 heavy (non-hydrogen) atoms. The number of rotatable bonds is 5. The van der Waals surface area contributed by atoms with Crippen molar-refractivity contribution in [3.63, 3.8) is 0 Å². The first-order valence-electron chi connectivity index (χ1n) is 10.6. The van der Waals surface area contributed by atoms with E-state index in [0.29, 0.717) is 5.11 Å². The summed E-state index contributed by atoms with van der Waals surface area (Å²) < 4.78 is 3.07. The molecule has 9 heteroatoms. The molecule has 1 aliphatic rings. The summed E-state index contributed by atoms with van der Waals surface area (Å²) in [6.45, 7) is 2.05. The van der Waals surface area contributed by atoms with Gasteiger partial charge in [0.25, 0.3) is 5.69 Å². The van der Waals surface area contributed by atoms with Crippen LogP contribution in [0.4, 0.5) is 11.4 Å². The second kappa shape index (κ2) is 9.00. The molecule has 0 unspecified atom stereocenters. The zero-order chi connectivity index (χ0) is 23.8. The van der Waals surface area contributed by atoms with Crippen molar-refractivity contribution >= 4 is 44.6 Å². The first kappa shape index (κ1) is 22.2. The van der Waals surface area contributed by atoms with Crippen LogP contribution in [0.1, 0.15) is 29.0 Å². The molecule has 0 bridgehead atoms. The van der Waals surface area contributed by atoms with Gasteiger partial charge in [-0.05, 0) is 79.3 Å². The minimum Gasteiger partial charge on any atom is -0.351 e. The van der Waals surface area contributed by atoms with Crippen LogP contribution in [0.15, 0.2) is 89.7 Å². The molecule has 1 aliphatic heterocycles. The number of hydrogen-bond donors (Lipinski definition) is 1. The van der Waals surface area contributed by atoms with Crippen molar-refractivity contribution in [1.29, 1.82) is 0 Å². The fourth-order valence-electron chi connectivity index (χ4n) is 4.32. The standard InChI is InChI=1S/C25H20BrN5O2S/c1-16-15-19(11-12-20(16)26)30-24(23(28-25(30)34)21-5-2-3-13-27-21)22-6-4-14-29(22)17-7-9-18(10-8-17)31(32)33/h2-15,23-24H,1H3,(H,28,34)/t23-,24-/m0/s1. The van der Waals surface area contributed by atoms with Crippen molar-refractivity contribution in [3.8, 4) is 5.69 Å². The molecule has 1 saturated heterocycles. The Balaban J connectivity index is 1.65. The molecular formula is C25H20BrN5O2S. The number of nitrogens with zero attached hydrogens (tertiary/aromatic N) is 4. The third kappa shape index (κ3) is 3.97. The Morgan fingerprint density at radius 3 is 2.50 bits per heavy atom. The maximum absolute atomic E-state index is 11.1. The first-order chi connectivity index (χ1) is 16.4. The lowest BCUT2D eigenvalue weighted by Crippen LogP contribution is -2.30. The highest BCUT2D eigenvalue weighted by molar-refractivity contribution is 9.10. The molecule has 2 atom stereocenters. The third-order valence-corrected chi connectivity index (χ3v) is 7.14. The molecule has 0 radical (unpaired) electrons. The molecule has 0 aliphatic carbocycles. The number of aromatic nitrogens is 2. The summed E-state index contributed by atoms with van der Waals surface area (Å²) in [6.07, 6.45) is 3.73. The van der Waals surface area contributed by atoms with E-state index in [9.17, 15) is 10.1 Å². The topological polar surface area (TPSA) is 76.2 Å². The molecule has 0 spiro atoms. The lowest BCUT2D eigenvalue weighted by Gasteiger charge is -2.29. The number of nitrogens with one attached hydrogen (secondary N) is 1. The Hall–Kier alpha value is -3.56. The molecule has 0 saturated carbocycles. The van der Waals surface area contributed by atoms with Crippen molar-refractivity contribution < 1.29 is 4.92 Å². The lowest BCUT2D eigenvalue weighted by molar-refractivity contribution is -0.384. The van der Waals surface area contributed by atoms with Gasteiger partial charge in [-0.1, -0.05) is 22.0 Å². The third-order valence-electron chi connectivity index (χ3n) is 5.94. The number of benzene rings is 2. The van der Waals surface area contributed by atoms with E-state index in [-0.39, 0.29) is 17.8 Å². The van der Waals surface area contributed by atoms with Crippen molar-refractivity contribution in [1.82, 2.24) is 14.9 Å². The minimum atomic E-state index is -0.394. The van der Waals surface area contributed by atoms with Crippen molar-refractivity contribution in [2.45, 2.75) is 19.0 Å². The van der Waals surface area contributed by atoms with Crippen molar-refractivity contribution in [2.75, 3.05) is 4.90 Å². The summed E-state index contributed by atoms with van der Waals surface area (Å²) in [5.74, 6) is 0. The summed E-state index contributed by atoms with van der Waals surface area (Å²) >= 11 is 9.41. The van der Waals surface area contributed by atoms with Gasteiger partial charge in [-0.15, -0.1) is 0 Å². The number of anilines is 1. The number of nitro benzene ring substituents is 1. The van der Waals surface area contributed by atoms with Crippen molar-refractivity contribution in [3.05, 3.63) is 117 Å². The van der Waals surface area contributed by atoms with Gasteiger partial charge in [0.1, 0.15) is 6.04 Å². The van der Waals surface area contributed by atoms with Crippen molar-refractivity contribution in [2.24, 2.45) is 0 Å². The van der Waals surface area contributed by atoms with E-state index in [4.69, 9.17) is 12.2 Å². The Bertz CT molecular complexity index is 1370. The molecule has 7 nitrogen and oxygen atoms in total. The van der Waals surface area contributed by atoms with Gasteiger partial charge >= 0.3 is 0 Å². The van der Waals surface area contributed by atoms with Crippen LogP contribution in [0.2, 0.25) is 0 Å². The van der Waals surface area contributed by atoms with E-state index in [1.54, 1.807) is 18.3 Å². The highest BCUT2D eigenvalue weighted by Crippen LogP contribution is 2.42. The average Bonchev–Trinajstić information content (AvgIpc) is 3.46. The van der Waals surface area contributed by atoms with Crippen LogP contribution in [0.25, 0.3) is 5.69 Å². The number of non-ortho nitro benzene ring substituents is 1. The average molecular weight is 534 g/mol. The fourth-order valence-corrected chi connectivity index (χ4v) is 4.91. The lowest BCUT2D eigenvalue weighted by atomic mass is 10.0. The zero-order valence-electron chi connectivity index (χ0n) is 18.1. The SMILES string of the molecule is Cc1cc(N2C(=S)N[C@@H](c3ccccn3)[C@@H]2c2cccn2-c2ccc([N+](=O)[O-])cc2)ccc1Br. The van der Waals surface area contributed by atoms with Crippen LogP contribution in [0.3, 0.4) is 0 Å². The molecule has 2 aromatic carbocycles. The van der Waals surface area contributed by atoms with E-state index in [0.717, 1.165) is 32.8 Å². The maximum atomic E-state index is 11.1. The number of pyridine rings is 1. The summed E-state index contributed by atoms with van der Waals surface area (Å²) in [5, 5.41) is 15.2. The maximum Gasteiger partial charge on any atom is 0.269 e. The first-order valence-corrected chi connectivity index (χ1v) is 11.8. The number of nitro groups is 1. The second-order valence-electron chi connectivity index (χ2n) is 8.01. The van der Waals surface area contributed by atoms with Gasteiger partial charge < -0.3 is 14.8 Å². The number of aryl methyl sites for hydroxylation is 1. The molecule has 1 fully saturated rings. The Morgan fingerprint density at radius 1 is 1.06 bits per heavy atom. The molecule has 1 N–H and O–H groups in total. The predicted molar refractivity (Wildman–Crippen MR) is 139 cm³/mol. The van der Waals surface area contributed by atoms with E-state index >= 15 is 0 Å². The van der Waals surface area contributed by atoms with Gasteiger partial charge in [0, 0.05) is 46.1 Å². The summed E-state index contributed by atoms with van der Waals surface area (Å²) in [4.78, 5) is 17.5. The Kier molecular flexibility index (Phi) is 5.89. The molecular weight excluding hydrogens is 514 g/mol. The predicted octanol–water partition coefficient (Wildman–Crippen LogP) is 6.03. The second-order valence-corrected chi connectivity index (χ2v) is 9.25. The van der Waals surface area contributed by atoms with Gasteiger partial charge in [-0.3, -0.25) is 15.1 Å². The highest BCUT2D eigenvalue weighted by Gasteiger charge is 2.42. The zero-order valence-corrected chi connectivity index (χ0v) is 20.5. The quantitative estimate of drug-likeness (QED) is 0.192. The fraction of sp³-hybridized carbons (Fsp3) is 0.120. The smallest absolute Gasteiger partial charge is 0.269 e. The van der Waals surface area contributed by atoms with Gasteiger partial charge in [0.2, 0.25) is 0 Å². The van der Waals surface area contributed by atoms with Crippen LogP contribution in [0.5, 0.6) is 0 Å². The summed E-state index contributed by atoms with van der Waals surface area (Å²) in [5.41, 5.74) is 4.82. The molecule has 170 valence electrons. The molecule has 2 aromatic heterocycles. The summed E-state index contributed by atoms with van der Waals surface area (Å²) in [7, 11) is 0. The van der Waals surface area contributed by atoms with Gasteiger partial charge in [0.05, 0.1) is 16.7 Å². The molecule has 4 aromatic rings. The number of hydrogen-bond acceptors (Lipinski definition) is 4. The van der Waals surface area contributed by atoms with Gasteiger partial charge in [-0.25, -0.2) is 0 Å². The van der Waals surface area contributed by atoms with E-state index in [1.165, 1.54) is 12.1 Å². The molecule has 5 rings (SSSR count). The number of halogens is 1. The normalized spacial score (nSPS) is 17.6. The van der Waals surface area contributed by atoms with Crippen LogP contribution < -0.4 is 10.2 Å². The van der Waals surface area contributed by atoms with Crippen LogP contribution in [-0.4, -0.2) is 19.6 Å². The van der Waals surface area contributed by atoms with Gasteiger partial charge in [0.15, 0.2) is 5.11 Å². The van der Waals surface area contributed by atoms with E-state index in [2.05, 4.69) is 43.3 Å². The monoisotopic (exact) mass is 533 g/mol. The number of thiocarbonyl (C=S) groups is 1. The summed E-state index contributed by atoms with van der Waals surface area (Å²) in [6, 6.07) is 22.2. The molecule has 0 amide bonds. The van der Waals surface area contributed by atoms with E-state index < -0.39 is 4.92 Å². The van der Waals surface area contributed by atoms with Crippen LogP contribution in [0, 0.1) is 17.0 Å². The largest absolute Gasteiger partial charge is 0.351 e. The van der Waals surface area contributed by atoms with Gasteiger partial charge in [-0.2, -0.15) is 0 Å². The molecule has 3 heterocycles. The van der Waals surface area contributed by atoms with Crippen LogP contribution >= 0.6 is 28.1 Å².